The number of rotatable bonds is 2. The van der Waals surface area contributed by atoms with Crippen LogP contribution in [-0.4, -0.2) is 0 Å². The van der Waals surface area contributed by atoms with Gasteiger partial charge >= 0.3 is 0 Å². The second kappa shape index (κ2) is 2.85. The molecule has 1 nitrogen and oxygen atoms in total. The molecule has 0 heterocycles. The maximum absolute atomic E-state index is 8.59. The lowest BCUT2D eigenvalue weighted by atomic mass is 9.62. The molecule has 0 saturated heterocycles. The van der Waals surface area contributed by atoms with Gasteiger partial charge in [-0.1, -0.05) is 27.2 Å². The number of hydrogen-bond donors (Lipinski definition) is 0. The molecule has 1 saturated carbocycles. The Kier molecular flexibility index (Phi) is 2.23. The average Bonchev–Trinajstić information content (AvgIpc) is 1.85. The van der Waals surface area contributed by atoms with Crippen molar-refractivity contribution in [1.82, 2.24) is 0 Å². The fourth-order valence-corrected chi connectivity index (χ4v) is 1.65. The Labute approximate surface area is 69.4 Å². The summed E-state index contributed by atoms with van der Waals surface area (Å²) in [6.45, 7) is 6.86. The van der Waals surface area contributed by atoms with Gasteiger partial charge in [0.2, 0.25) is 0 Å². The van der Waals surface area contributed by atoms with Crippen LogP contribution in [0.5, 0.6) is 0 Å². The van der Waals surface area contributed by atoms with E-state index in [1.807, 2.05) is 0 Å². The van der Waals surface area contributed by atoms with Crippen LogP contribution in [0, 0.1) is 28.6 Å². The molecule has 1 rings (SSSR count). The van der Waals surface area contributed by atoms with E-state index in [0.29, 0.717) is 11.3 Å². The molecule has 0 amide bonds. The van der Waals surface area contributed by atoms with Crippen molar-refractivity contribution in [3.05, 3.63) is 0 Å². The van der Waals surface area contributed by atoms with Gasteiger partial charge in [0.25, 0.3) is 0 Å². The topological polar surface area (TPSA) is 23.8 Å². The zero-order valence-electron chi connectivity index (χ0n) is 7.72. The summed E-state index contributed by atoms with van der Waals surface area (Å²) < 4.78 is 0. The highest BCUT2D eigenvalue weighted by Gasteiger charge is 2.38. The highest BCUT2D eigenvalue weighted by Crippen LogP contribution is 2.46. The van der Waals surface area contributed by atoms with E-state index in [1.165, 1.54) is 6.42 Å². The lowest BCUT2D eigenvalue weighted by molar-refractivity contribution is 0.0844. The Hall–Kier alpha value is -0.510. The standard InChI is InChI=1S/C10H17N/c1-4-10(2,3)9-5-8(6-9)7-11/h8-9H,4-6H2,1-3H3. The van der Waals surface area contributed by atoms with E-state index in [0.717, 1.165) is 18.8 Å². The summed E-state index contributed by atoms with van der Waals surface area (Å²) >= 11 is 0. The lowest BCUT2D eigenvalue weighted by Crippen LogP contribution is -2.34. The summed E-state index contributed by atoms with van der Waals surface area (Å²) in [6.07, 6.45) is 3.50. The molecule has 1 aliphatic carbocycles. The minimum atomic E-state index is 0.367. The molecule has 0 N–H and O–H groups in total. The van der Waals surface area contributed by atoms with E-state index in [2.05, 4.69) is 26.8 Å². The monoisotopic (exact) mass is 151 g/mol. The summed E-state index contributed by atoms with van der Waals surface area (Å²) in [7, 11) is 0. The summed E-state index contributed by atoms with van der Waals surface area (Å²) in [5.74, 6) is 1.17. The first-order valence-corrected chi connectivity index (χ1v) is 4.49. The molecular weight excluding hydrogens is 134 g/mol. The van der Waals surface area contributed by atoms with Crippen molar-refractivity contribution in [2.75, 3.05) is 0 Å². The van der Waals surface area contributed by atoms with Gasteiger partial charge in [0, 0.05) is 5.92 Å². The predicted molar refractivity (Wildman–Crippen MR) is 45.9 cm³/mol. The largest absolute Gasteiger partial charge is 0.198 e. The third-order valence-corrected chi connectivity index (χ3v) is 3.34. The Morgan fingerprint density at radius 1 is 1.45 bits per heavy atom. The van der Waals surface area contributed by atoms with Crippen LogP contribution >= 0.6 is 0 Å². The summed E-state index contributed by atoms with van der Waals surface area (Å²) in [4.78, 5) is 0. The molecule has 0 bridgehead atoms. The first kappa shape index (κ1) is 8.59. The van der Waals surface area contributed by atoms with Crippen LogP contribution in [0.1, 0.15) is 40.0 Å². The first-order valence-electron chi connectivity index (χ1n) is 4.49. The molecule has 0 aliphatic heterocycles. The van der Waals surface area contributed by atoms with Gasteiger partial charge in [-0.2, -0.15) is 5.26 Å². The fourth-order valence-electron chi connectivity index (χ4n) is 1.65. The highest BCUT2D eigenvalue weighted by molar-refractivity contribution is 4.98. The average molecular weight is 151 g/mol. The molecule has 11 heavy (non-hydrogen) atoms. The van der Waals surface area contributed by atoms with E-state index in [4.69, 9.17) is 5.26 Å². The molecule has 1 heteroatoms. The van der Waals surface area contributed by atoms with Gasteiger partial charge in [0.15, 0.2) is 0 Å². The summed E-state index contributed by atoms with van der Waals surface area (Å²) in [5.41, 5.74) is 0.466. The van der Waals surface area contributed by atoms with E-state index in [-0.39, 0.29) is 0 Å². The van der Waals surface area contributed by atoms with Crippen LogP contribution < -0.4 is 0 Å². The lowest BCUT2D eigenvalue weighted by Gasteiger charge is -2.42. The van der Waals surface area contributed by atoms with Gasteiger partial charge < -0.3 is 0 Å². The predicted octanol–water partition coefficient (Wildman–Crippen LogP) is 2.97. The van der Waals surface area contributed by atoms with Crippen molar-refractivity contribution >= 4 is 0 Å². The van der Waals surface area contributed by atoms with Gasteiger partial charge in [-0.05, 0) is 24.2 Å². The van der Waals surface area contributed by atoms with Crippen molar-refractivity contribution < 1.29 is 0 Å². The van der Waals surface area contributed by atoms with Crippen molar-refractivity contribution in [2.45, 2.75) is 40.0 Å². The third-order valence-electron chi connectivity index (χ3n) is 3.34. The smallest absolute Gasteiger partial charge is 0.0656 e. The zero-order valence-corrected chi connectivity index (χ0v) is 7.72. The third kappa shape index (κ3) is 1.56. The molecule has 0 unspecified atom stereocenters. The number of nitriles is 1. The molecule has 0 aromatic rings. The Bertz CT molecular complexity index is 170. The van der Waals surface area contributed by atoms with Crippen molar-refractivity contribution in [3.63, 3.8) is 0 Å². The maximum atomic E-state index is 8.59. The maximum Gasteiger partial charge on any atom is 0.0656 e. The SMILES string of the molecule is CCC(C)(C)C1CC(C#N)C1. The quantitative estimate of drug-likeness (QED) is 0.595. The number of nitrogens with zero attached hydrogens (tertiary/aromatic N) is 1. The van der Waals surface area contributed by atoms with Gasteiger partial charge in [-0.3, -0.25) is 0 Å². The van der Waals surface area contributed by atoms with Gasteiger partial charge in [0.1, 0.15) is 0 Å². The van der Waals surface area contributed by atoms with Gasteiger partial charge in [0.05, 0.1) is 6.07 Å². The molecule has 0 aromatic carbocycles. The van der Waals surface area contributed by atoms with E-state index < -0.39 is 0 Å². The minimum Gasteiger partial charge on any atom is -0.198 e. The van der Waals surface area contributed by atoms with Crippen molar-refractivity contribution in [2.24, 2.45) is 17.3 Å². The molecule has 0 aromatic heterocycles. The molecule has 1 fully saturated rings. The second-order valence-electron chi connectivity index (χ2n) is 4.34. The minimum absolute atomic E-state index is 0.367. The molecule has 0 radical (unpaired) electrons. The Morgan fingerprint density at radius 3 is 2.36 bits per heavy atom. The van der Waals surface area contributed by atoms with Crippen LogP contribution in [-0.2, 0) is 0 Å². The van der Waals surface area contributed by atoms with Crippen LogP contribution in [0.3, 0.4) is 0 Å². The Morgan fingerprint density at radius 2 is 2.00 bits per heavy atom. The highest BCUT2D eigenvalue weighted by atomic mass is 14.4. The van der Waals surface area contributed by atoms with Crippen LogP contribution in [0.15, 0.2) is 0 Å². The second-order valence-corrected chi connectivity index (χ2v) is 4.34. The summed E-state index contributed by atoms with van der Waals surface area (Å²) in [6, 6.07) is 2.33. The fraction of sp³-hybridized carbons (Fsp3) is 0.900. The van der Waals surface area contributed by atoms with Gasteiger partial charge in [-0.25, -0.2) is 0 Å². The van der Waals surface area contributed by atoms with Crippen LogP contribution in [0.2, 0.25) is 0 Å². The van der Waals surface area contributed by atoms with E-state index in [9.17, 15) is 0 Å². The summed E-state index contributed by atoms with van der Waals surface area (Å²) in [5, 5.41) is 8.59. The van der Waals surface area contributed by atoms with E-state index in [1.54, 1.807) is 0 Å². The van der Waals surface area contributed by atoms with Crippen LogP contribution in [0.25, 0.3) is 0 Å². The molecule has 1 aliphatic rings. The van der Waals surface area contributed by atoms with Crippen LogP contribution in [0.4, 0.5) is 0 Å². The van der Waals surface area contributed by atoms with E-state index >= 15 is 0 Å². The zero-order chi connectivity index (χ0) is 8.48. The molecule has 0 spiro atoms. The van der Waals surface area contributed by atoms with Gasteiger partial charge in [-0.15, -0.1) is 0 Å². The van der Waals surface area contributed by atoms with Crippen molar-refractivity contribution in [3.8, 4) is 6.07 Å². The first-order chi connectivity index (χ1) is 5.10. The molecular formula is C10H17N. The molecule has 0 atom stereocenters. The van der Waals surface area contributed by atoms with Crippen molar-refractivity contribution in [1.29, 1.82) is 5.26 Å². The Balaban J connectivity index is 2.38. The normalized spacial score (nSPS) is 30.7. The number of hydrogen-bond acceptors (Lipinski definition) is 1. The molecule has 62 valence electrons.